The Bertz CT molecular complexity index is 689. The standard InChI is InChI=1S/C16H19BrN4S/c1-10-15(17)22-14(20-10)9-19-16(18)21-13-8-4-6-11-5-2-3-7-12(11)13/h4,6,8H,2-3,5,7,9H2,1H3,(H3,18,19,21). The second-order valence-corrected chi connectivity index (χ2v) is 7.85. The first-order chi connectivity index (χ1) is 10.6. The number of hydrogen-bond acceptors (Lipinski definition) is 3. The molecule has 0 aliphatic heterocycles. The van der Waals surface area contributed by atoms with Crippen LogP contribution in [-0.4, -0.2) is 10.9 Å². The summed E-state index contributed by atoms with van der Waals surface area (Å²) in [6.07, 6.45) is 4.80. The van der Waals surface area contributed by atoms with Crippen LogP contribution in [0.15, 0.2) is 27.0 Å². The zero-order chi connectivity index (χ0) is 15.5. The van der Waals surface area contributed by atoms with Gasteiger partial charge in [-0.25, -0.2) is 9.98 Å². The van der Waals surface area contributed by atoms with E-state index in [0.29, 0.717) is 12.5 Å². The number of aryl methyl sites for hydroxylation is 2. The Hall–Kier alpha value is -1.40. The quantitative estimate of drug-likeness (QED) is 0.626. The van der Waals surface area contributed by atoms with E-state index >= 15 is 0 Å². The molecule has 0 spiro atoms. The van der Waals surface area contributed by atoms with Gasteiger partial charge in [0.05, 0.1) is 16.0 Å². The molecule has 1 aromatic heterocycles. The van der Waals surface area contributed by atoms with Crippen molar-refractivity contribution in [2.75, 3.05) is 5.32 Å². The summed E-state index contributed by atoms with van der Waals surface area (Å²) in [5.41, 5.74) is 10.9. The first-order valence-electron chi connectivity index (χ1n) is 7.43. The number of fused-ring (bicyclic) bond motifs is 1. The number of aliphatic imine (C=N–C) groups is 1. The van der Waals surface area contributed by atoms with Crippen molar-refractivity contribution in [1.82, 2.24) is 4.98 Å². The van der Waals surface area contributed by atoms with Gasteiger partial charge in [0.15, 0.2) is 5.96 Å². The molecule has 1 aliphatic carbocycles. The summed E-state index contributed by atoms with van der Waals surface area (Å²) in [5.74, 6) is 0.447. The molecule has 1 aliphatic rings. The molecule has 3 rings (SSSR count). The minimum atomic E-state index is 0.447. The maximum atomic E-state index is 6.04. The lowest BCUT2D eigenvalue weighted by molar-refractivity contribution is 0.687. The molecule has 0 atom stereocenters. The molecule has 0 unspecified atom stereocenters. The highest BCUT2D eigenvalue weighted by Crippen LogP contribution is 2.28. The molecule has 3 N–H and O–H groups in total. The number of benzene rings is 1. The van der Waals surface area contributed by atoms with E-state index in [2.05, 4.69) is 49.4 Å². The van der Waals surface area contributed by atoms with E-state index in [1.54, 1.807) is 11.3 Å². The zero-order valence-corrected chi connectivity index (χ0v) is 14.9. The Morgan fingerprint density at radius 1 is 1.41 bits per heavy atom. The fraction of sp³-hybridized carbons (Fsp3) is 0.375. The molecular formula is C16H19BrN4S. The molecule has 0 fully saturated rings. The van der Waals surface area contributed by atoms with E-state index < -0.39 is 0 Å². The molecule has 0 amide bonds. The minimum Gasteiger partial charge on any atom is -0.370 e. The third-order valence-corrected chi connectivity index (χ3v) is 5.82. The lowest BCUT2D eigenvalue weighted by atomic mass is 9.90. The maximum Gasteiger partial charge on any atom is 0.193 e. The number of guanidine groups is 1. The number of rotatable bonds is 3. The number of nitrogens with one attached hydrogen (secondary N) is 1. The number of nitrogens with two attached hydrogens (primary N) is 1. The Balaban J connectivity index is 1.71. The molecule has 4 nitrogen and oxygen atoms in total. The normalized spacial score (nSPS) is 14.7. The van der Waals surface area contributed by atoms with Gasteiger partial charge in [0.2, 0.25) is 0 Å². The van der Waals surface area contributed by atoms with E-state index in [0.717, 1.165) is 33.0 Å². The highest BCUT2D eigenvalue weighted by Gasteiger charge is 2.13. The van der Waals surface area contributed by atoms with Crippen molar-refractivity contribution in [3.05, 3.63) is 43.8 Å². The van der Waals surface area contributed by atoms with Crippen LogP contribution in [0, 0.1) is 6.92 Å². The van der Waals surface area contributed by atoms with Crippen molar-refractivity contribution in [1.29, 1.82) is 0 Å². The van der Waals surface area contributed by atoms with Crippen LogP contribution in [0.5, 0.6) is 0 Å². The van der Waals surface area contributed by atoms with E-state index in [1.807, 2.05) is 6.92 Å². The second kappa shape index (κ2) is 6.79. The van der Waals surface area contributed by atoms with Gasteiger partial charge in [0.1, 0.15) is 5.01 Å². The van der Waals surface area contributed by atoms with Crippen molar-refractivity contribution >= 4 is 38.9 Å². The van der Waals surface area contributed by atoms with Crippen molar-refractivity contribution in [2.45, 2.75) is 39.2 Å². The molecule has 22 heavy (non-hydrogen) atoms. The fourth-order valence-corrected chi connectivity index (χ4v) is 4.09. The summed E-state index contributed by atoms with van der Waals surface area (Å²) in [6, 6.07) is 6.38. The predicted octanol–water partition coefficient (Wildman–Crippen LogP) is 4.02. The van der Waals surface area contributed by atoms with Gasteiger partial charge in [-0.2, -0.15) is 0 Å². The summed E-state index contributed by atoms with van der Waals surface area (Å²) in [6.45, 7) is 2.48. The van der Waals surface area contributed by atoms with Gasteiger partial charge in [-0.05, 0) is 65.7 Å². The number of hydrogen-bond donors (Lipinski definition) is 2. The molecule has 1 aromatic carbocycles. The van der Waals surface area contributed by atoms with E-state index in [1.165, 1.54) is 24.0 Å². The minimum absolute atomic E-state index is 0.447. The van der Waals surface area contributed by atoms with Gasteiger partial charge < -0.3 is 11.1 Å². The van der Waals surface area contributed by atoms with Crippen molar-refractivity contribution in [2.24, 2.45) is 10.7 Å². The average Bonchev–Trinajstić information content (AvgIpc) is 2.84. The SMILES string of the molecule is Cc1nc(CN=C(N)Nc2cccc3c2CCCC3)sc1Br. The van der Waals surface area contributed by atoms with Crippen LogP contribution >= 0.6 is 27.3 Å². The van der Waals surface area contributed by atoms with Crippen molar-refractivity contribution in [3.63, 3.8) is 0 Å². The third kappa shape index (κ3) is 3.50. The summed E-state index contributed by atoms with van der Waals surface area (Å²) in [5, 5.41) is 4.22. The Labute approximate surface area is 143 Å². The van der Waals surface area contributed by atoms with Crippen molar-refractivity contribution in [3.8, 4) is 0 Å². The van der Waals surface area contributed by atoms with E-state index in [-0.39, 0.29) is 0 Å². The molecule has 0 saturated heterocycles. The molecule has 116 valence electrons. The molecule has 0 saturated carbocycles. The largest absolute Gasteiger partial charge is 0.370 e. The van der Waals surface area contributed by atoms with Crippen LogP contribution in [0.1, 0.15) is 34.7 Å². The van der Waals surface area contributed by atoms with Gasteiger partial charge in [0, 0.05) is 5.69 Å². The predicted molar refractivity (Wildman–Crippen MR) is 96.6 cm³/mol. The summed E-state index contributed by atoms with van der Waals surface area (Å²) < 4.78 is 1.06. The number of halogens is 1. The number of aromatic nitrogens is 1. The zero-order valence-electron chi connectivity index (χ0n) is 12.5. The molecule has 1 heterocycles. The highest BCUT2D eigenvalue weighted by molar-refractivity contribution is 9.11. The van der Waals surface area contributed by atoms with Gasteiger partial charge in [0.25, 0.3) is 0 Å². The number of thiazole rings is 1. The van der Waals surface area contributed by atoms with Gasteiger partial charge in [-0.3, -0.25) is 0 Å². The van der Waals surface area contributed by atoms with E-state index in [9.17, 15) is 0 Å². The molecule has 0 radical (unpaired) electrons. The smallest absolute Gasteiger partial charge is 0.193 e. The van der Waals surface area contributed by atoms with Crippen molar-refractivity contribution < 1.29 is 0 Å². The van der Waals surface area contributed by atoms with Gasteiger partial charge in [-0.15, -0.1) is 11.3 Å². The molecule has 2 aromatic rings. The summed E-state index contributed by atoms with van der Waals surface area (Å²) in [4.78, 5) is 8.84. The molecule has 0 bridgehead atoms. The monoisotopic (exact) mass is 378 g/mol. The van der Waals surface area contributed by atoms with Crippen LogP contribution < -0.4 is 11.1 Å². The van der Waals surface area contributed by atoms with Crippen LogP contribution in [0.3, 0.4) is 0 Å². The number of nitrogens with zero attached hydrogens (tertiary/aromatic N) is 2. The Morgan fingerprint density at radius 2 is 2.23 bits per heavy atom. The molecular weight excluding hydrogens is 360 g/mol. The highest BCUT2D eigenvalue weighted by atomic mass is 79.9. The lowest BCUT2D eigenvalue weighted by Crippen LogP contribution is -2.24. The third-order valence-electron chi connectivity index (χ3n) is 3.83. The molecule has 6 heteroatoms. The first-order valence-corrected chi connectivity index (χ1v) is 9.04. The van der Waals surface area contributed by atoms with Crippen LogP contribution in [0.2, 0.25) is 0 Å². The van der Waals surface area contributed by atoms with Gasteiger partial charge in [-0.1, -0.05) is 12.1 Å². The topological polar surface area (TPSA) is 63.3 Å². The first kappa shape index (κ1) is 15.5. The maximum absolute atomic E-state index is 6.04. The number of anilines is 1. The van der Waals surface area contributed by atoms with Crippen LogP contribution in [0.4, 0.5) is 5.69 Å². The Morgan fingerprint density at radius 3 is 3.00 bits per heavy atom. The van der Waals surface area contributed by atoms with E-state index in [4.69, 9.17) is 5.73 Å². The van der Waals surface area contributed by atoms with Crippen LogP contribution in [-0.2, 0) is 19.4 Å². The average molecular weight is 379 g/mol. The van der Waals surface area contributed by atoms with Gasteiger partial charge >= 0.3 is 0 Å². The fourth-order valence-electron chi connectivity index (χ4n) is 2.73. The lowest BCUT2D eigenvalue weighted by Gasteiger charge is -2.19. The Kier molecular flexibility index (Phi) is 4.78. The second-order valence-electron chi connectivity index (χ2n) is 5.44. The van der Waals surface area contributed by atoms with Crippen LogP contribution in [0.25, 0.3) is 0 Å². The summed E-state index contributed by atoms with van der Waals surface area (Å²) >= 11 is 5.08. The summed E-state index contributed by atoms with van der Waals surface area (Å²) in [7, 11) is 0.